The number of carbonyl (C=O) groups is 2. The van der Waals surface area contributed by atoms with Crippen LogP contribution in [0, 0.1) is 5.82 Å². The molecule has 1 aromatic carbocycles. The quantitative estimate of drug-likeness (QED) is 0.477. The maximum Gasteiger partial charge on any atom is 0.387 e. The van der Waals surface area contributed by atoms with Crippen LogP contribution in [0.5, 0.6) is 5.75 Å². The molecule has 3 aromatic rings. The third kappa shape index (κ3) is 5.16. The molecule has 0 saturated heterocycles. The molecule has 2 heterocycles. The topological polar surface area (TPSA) is 116 Å². The fraction of sp³-hybridized carbons (Fsp3) is 0.333. The van der Waals surface area contributed by atoms with E-state index in [1.807, 2.05) is 0 Å². The van der Waals surface area contributed by atoms with Crippen LogP contribution in [-0.4, -0.2) is 47.1 Å². The number of fused-ring (bicyclic) bond motifs is 1. The summed E-state index contributed by atoms with van der Waals surface area (Å²) in [5, 5.41) is 6.15. The van der Waals surface area contributed by atoms with Gasteiger partial charge in [0.15, 0.2) is 11.6 Å². The van der Waals surface area contributed by atoms with Crippen molar-refractivity contribution in [1.29, 1.82) is 0 Å². The van der Waals surface area contributed by atoms with Gasteiger partial charge in [0.05, 0.1) is 23.9 Å². The summed E-state index contributed by atoms with van der Waals surface area (Å²) in [7, 11) is 0. The minimum atomic E-state index is -3.16. The number of benzene rings is 1. The molecule has 1 aliphatic carbocycles. The first-order valence-electron chi connectivity index (χ1n) is 10.1. The van der Waals surface area contributed by atoms with Gasteiger partial charge in [-0.25, -0.2) is 14.2 Å². The van der Waals surface area contributed by atoms with Crippen LogP contribution in [0.3, 0.4) is 0 Å². The number of nitrogens with one attached hydrogen (secondary N) is 2. The number of halogens is 3. The molecule has 0 atom stereocenters. The van der Waals surface area contributed by atoms with Gasteiger partial charge in [-0.3, -0.25) is 9.78 Å². The molecule has 1 amide bonds. The van der Waals surface area contributed by atoms with Gasteiger partial charge in [-0.15, -0.1) is 0 Å². The third-order valence-corrected chi connectivity index (χ3v) is 5.00. The molecule has 0 aliphatic heterocycles. The van der Waals surface area contributed by atoms with E-state index in [1.54, 1.807) is 6.92 Å². The smallest absolute Gasteiger partial charge is 0.387 e. The van der Waals surface area contributed by atoms with Gasteiger partial charge in [-0.05, 0) is 31.9 Å². The van der Waals surface area contributed by atoms with Gasteiger partial charge in [-0.2, -0.15) is 8.78 Å². The van der Waals surface area contributed by atoms with Crippen LogP contribution >= 0.6 is 0 Å². The third-order valence-electron chi connectivity index (χ3n) is 5.00. The second-order valence-electron chi connectivity index (χ2n) is 7.31. The van der Waals surface area contributed by atoms with Gasteiger partial charge < -0.3 is 24.5 Å². The zero-order valence-electron chi connectivity index (χ0n) is 17.3. The van der Waals surface area contributed by atoms with Crippen molar-refractivity contribution >= 4 is 28.8 Å². The number of pyridine rings is 1. The Hall–Kier alpha value is -3.83. The molecule has 2 aromatic heterocycles. The monoisotopic (exact) mass is 468 g/mol. The largest absolute Gasteiger partial charge is 0.460 e. The first-order chi connectivity index (χ1) is 15.8. The molecular formula is C21H23F3N4O5. The average molecular weight is 468 g/mol. The number of hydrogen-bond donors (Lipinski definition) is 2. The zero-order chi connectivity index (χ0) is 23.5. The fourth-order valence-electron chi connectivity index (χ4n) is 3.37. The Balaban J connectivity index is 0.00000216. The van der Waals surface area contributed by atoms with E-state index in [0.717, 1.165) is 12.1 Å². The Kier molecular flexibility index (Phi) is 6.33. The van der Waals surface area contributed by atoms with Crippen LogP contribution in [0.25, 0.3) is 10.9 Å². The Bertz CT molecular complexity index is 1190. The molecule has 0 radical (unpaired) electrons. The van der Waals surface area contributed by atoms with E-state index in [9.17, 15) is 22.8 Å². The minimum Gasteiger partial charge on any atom is -0.460 e. The molecule has 33 heavy (non-hydrogen) atoms. The molecule has 2 N–H and O–H groups in total. The van der Waals surface area contributed by atoms with E-state index < -0.39 is 30.1 Å². The van der Waals surface area contributed by atoms with Gasteiger partial charge in [0.2, 0.25) is 5.76 Å². The number of rotatable bonds is 8. The molecule has 1 fully saturated rings. The van der Waals surface area contributed by atoms with Crippen molar-refractivity contribution in [1.82, 2.24) is 15.3 Å². The van der Waals surface area contributed by atoms with Gasteiger partial charge in [0.25, 0.3) is 11.9 Å². The summed E-state index contributed by atoms with van der Waals surface area (Å²) in [6.07, 6.45) is 3.73. The lowest BCUT2D eigenvalue weighted by Gasteiger charge is -2.35. The predicted molar refractivity (Wildman–Crippen MR) is 113 cm³/mol. The highest BCUT2D eigenvalue weighted by molar-refractivity contribution is 5.97. The van der Waals surface area contributed by atoms with Gasteiger partial charge in [-0.1, -0.05) is 0 Å². The van der Waals surface area contributed by atoms with E-state index in [2.05, 4.69) is 25.3 Å². The van der Waals surface area contributed by atoms with Gasteiger partial charge >= 0.3 is 12.6 Å². The summed E-state index contributed by atoms with van der Waals surface area (Å²) in [4.78, 5) is 32.1. The standard InChI is InChI=1S/C21H19F3N4O5.2H2/c1-2-31-19(30)17-9-26-21(33-17)28-13-5-12(6-13)27-18(29)11-3-10-4-14(22)16(32-20(23)24)7-15(10)25-8-11;;/h3-4,7-9,12-13,20H,2,5-6H2,1H3,(H,26,28)(H,27,29);2*1H. The maximum atomic E-state index is 14.0. The van der Waals surface area contributed by atoms with E-state index in [1.165, 1.54) is 18.5 Å². The number of carbonyl (C=O) groups excluding carboxylic acids is 2. The number of hydrogen-bond acceptors (Lipinski definition) is 8. The van der Waals surface area contributed by atoms with Gasteiger partial charge in [0, 0.05) is 32.6 Å². The number of aromatic nitrogens is 2. The molecule has 9 nitrogen and oxygen atoms in total. The van der Waals surface area contributed by atoms with Crippen molar-refractivity contribution in [2.75, 3.05) is 11.9 Å². The van der Waals surface area contributed by atoms with Crippen molar-refractivity contribution < 1.29 is 39.5 Å². The summed E-state index contributed by atoms with van der Waals surface area (Å²) in [6, 6.07) is 3.51. The molecule has 0 unspecified atom stereocenters. The Morgan fingerprint density at radius 3 is 2.73 bits per heavy atom. The van der Waals surface area contributed by atoms with Crippen molar-refractivity contribution in [3.05, 3.63) is 47.7 Å². The molecule has 1 saturated carbocycles. The molecule has 1 aliphatic rings. The van der Waals surface area contributed by atoms with Crippen LogP contribution in [0.2, 0.25) is 0 Å². The van der Waals surface area contributed by atoms with E-state index in [4.69, 9.17) is 9.15 Å². The molecule has 178 valence electrons. The summed E-state index contributed by atoms with van der Waals surface area (Å²) in [5.41, 5.74) is 0.414. The highest BCUT2D eigenvalue weighted by Gasteiger charge is 2.32. The Morgan fingerprint density at radius 2 is 2.00 bits per heavy atom. The summed E-state index contributed by atoms with van der Waals surface area (Å²) >= 11 is 0. The summed E-state index contributed by atoms with van der Waals surface area (Å²) in [5.74, 6) is -2.60. The van der Waals surface area contributed by atoms with Gasteiger partial charge in [0.1, 0.15) is 0 Å². The SMILES string of the molecule is CCOC(=O)c1cnc(NC2CC(NC(=O)c3cnc4cc(OC(F)F)c(F)cc4c3)C2)o1.[HH].[HH]. The van der Waals surface area contributed by atoms with E-state index >= 15 is 0 Å². The predicted octanol–water partition coefficient (Wildman–Crippen LogP) is 4.00. The van der Waals surface area contributed by atoms with Crippen LogP contribution in [0.4, 0.5) is 19.2 Å². The molecule has 0 bridgehead atoms. The lowest BCUT2D eigenvalue weighted by Crippen LogP contribution is -2.49. The van der Waals surface area contributed by atoms with E-state index in [-0.39, 0.29) is 49.8 Å². The second kappa shape index (κ2) is 9.35. The van der Waals surface area contributed by atoms with Crippen LogP contribution in [0.1, 0.15) is 43.5 Å². The lowest BCUT2D eigenvalue weighted by atomic mass is 9.86. The normalized spacial score (nSPS) is 17.5. The molecular weight excluding hydrogens is 445 g/mol. The van der Waals surface area contributed by atoms with Crippen molar-refractivity contribution in [2.24, 2.45) is 0 Å². The summed E-state index contributed by atoms with van der Waals surface area (Å²) < 4.78 is 52.9. The second-order valence-corrected chi connectivity index (χ2v) is 7.31. The van der Waals surface area contributed by atoms with Crippen molar-refractivity contribution in [3.8, 4) is 5.75 Å². The Morgan fingerprint density at radius 1 is 1.21 bits per heavy atom. The number of nitrogens with zero attached hydrogens (tertiary/aromatic N) is 2. The number of ether oxygens (including phenoxy) is 2. The van der Waals surface area contributed by atoms with E-state index in [0.29, 0.717) is 12.8 Å². The van der Waals surface area contributed by atoms with Crippen LogP contribution in [0.15, 0.2) is 35.0 Å². The first-order valence-corrected chi connectivity index (χ1v) is 10.1. The maximum absolute atomic E-state index is 14.0. The first kappa shape index (κ1) is 22.4. The molecule has 12 heteroatoms. The Labute approximate surface area is 188 Å². The summed E-state index contributed by atoms with van der Waals surface area (Å²) in [6.45, 7) is -1.25. The number of amides is 1. The number of oxazole rings is 1. The van der Waals surface area contributed by atoms with Crippen LogP contribution < -0.4 is 15.4 Å². The van der Waals surface area contributed by atoms with Crippen LogP contribution in [-0.2, 0) is 4.74 Å². The zero-order valence-corrected chi connectivity index (χ0v) is 17.3. The minimum absolute atomic E-state index is 0. The highest BCUT2D eigenvalue weighted by Crippen LogP contribution is 2.27. The van der Waals surface area contributed by atoms with Crippen molar-refractivity contribution in [2.45, 2.75) is 38.5 Å². The highest BCUT2D eigenvalue weighted by atomic mass is 19.3. The van der Waals surface area contributed by atoms with Crippen molar-refractivity contribution in [3.63, 3.8) is 0 Å². The fourth-order valence-corrected chi connectivity index (χ4v) is 3.37. The number of esters is 1. The lowest BCUT2D eigenvalue weighted by molar-refractivity contribution is -0.0520. The average Bonchev–Trinajstić information content (AvgIpc) is 3.21. The molecule has 0 spiro atoms. The number of anilines is 1. The number of alkyl halides is 2. The molecule has 4 rings (SSSR count).